The van der Waals surface area contributed by atoms with Crippen molar-refractivity contribution in [3.8, 4) is 0 Å². The summed E-state index contributed by atoms with van der Waals surface area (Å²) in [5, 5.41) is 5.84. The van der Waals surface area contributed by atoms with Gasteiger partial charge in [-0.25, -0.2) is 4.79 Å². The van der Waals surface area contributed by atoms with Crippen LogP contribution in [0.5, 0.6) is 0 Å². The predicted octanol–water partition coefficient (Wildman–Crippen LogP) is 7.04. The van der Waals surface area contributed by atoms with Crippen LogP contribution >= 0.6 is 0 Å². The minimum Gasteiger partial charge on any atom is -0.444 e. The van der Waals surface area contributed by atoms with Gasteiger partial charge in [-0.3, -0.25) is 9.59 Å². The molecule has 7 heteroatoms. The maximum Gasteiger partial charge on any atom is 0.408 e. The van der Waals surface area contributed by atoms with Gasteiger partial charge in [0.15, 0.2) is 0 Å². The minimum absolute atomic E-state index is 0.231. The number of benzene rings is 2. The molecule has 2 aromatic carbocycles. The van der Waals surface area contributed by atoms with Crippen molar-refractivity contribution in [2.75, 3.05) is 6.54 Å². The van der Waals surface area contributed by atoms with Crippen LogP contribution in [0.3, 0.4) is 0 Å². The lowest BCUT2D eigenvalue weighted by molar-refractivity contribution is -0.143. The molecular formula is C34H49N3O4. The second-order valence-electron chi connectivity index (χ2n) is 11.8. The maximum atomic E-state index is 14.3. The third-order valence-electron chi connectivity index (χ3n) is 6.72. The highest BCUT2D eigenvalue weighted by Gasteiger charge is 2.37. The largest absolute Gasteiger partial charge is 0.444 e. The second kappa shape index (κ2) is 16.6. The standard InChI is InChI=1S/C34H49N3O4/c1-8-10-11-12-16-22-37(32(39)29(25(3)4)36-33(40)41-34(5,6)7)30(28-21-17-20-26(9-2)23-28)31(38)35-24-27-18-14-13-15-19-27/h9,13-15,17-21,23,25,29-30H,2,8,10-12,16,22,24H2,1,3-7H3,(H,35,38)(H,36,40). The number of nitrogens with one attached hydrogen (secondary N) is 2. The Balaban J connectivity index is 2.48. The number of amides is 3. The summed E-state index contributed by atoms with van der Waals surface area (Å²) in [6.07, 6.45) is 6.02. The maximum absolute atomic E-state index is 14.3. The number of alkyl carbamates (subject to hydrolysis) is 1. The van der Waals surface area contributed by atoms with E-state index in [9.17, 15) is 14.4 Å². The van der Waals surface area contributed by atoms with Gasteiger partial charge in [0.1, 0.15) is 17.7 Å². The van der Waals surface area contributed by atoms with E-state index in [-0.39, 0.29) is 17.7 Å². The molecule has 0 saturated carbocycles. The van der Waals surface area contributed by atoms with Gasteiger partial charge in [0.25, 0.3) is 0 Å². The average molecular weight is 564 g/mol. The van der Waals surface area contributed by atoms with E-state index in [1.807, 2.05) is 68.4 Å². The molecule has 0 aliphatic carbocycles. The Labute approximate surface area is 246 Å². The van der Waals surface area contributed by atoms with Crippen LogP contribution < -0.4 is 10.6 Å². The van der Waals surface area contributed by atoms with Crippen LogP contribution in [-0.2, 0) is 20.9 Å². The molecule has 0 radical (unpaired) electrons. The molecule has 3 amide bonds. The van der Waals surface area contributed by atoms with Crippen LogP contribution in [0.25, 0.3) is 6.08 Å². The molecule has 2 unspecified atom stereocenters. The first-order valence-electron chi connectivity index (χ1n) is 14.8. The molecule has 0 spiro atoms. The van der Waals surface area contributed by atoms with E-state index in [1.165, 1.54) is 0 Å². The summed E-state index contributed by atoms with van der Waals surface area (Å²) in [6, 6.07) is 15.4. The molecule has 2 rings (SSSR count). The zero-order chi connectivity index (χ0) is 30.4. The molecule has 0 aromatic heterocycles. The molecule has 0 bridgehead atoms. The smallest absolute Gasteiger partial charge is 0.408 e. The molecule has 2 N–H and O–H groups in total. The summed E-state index contributed by atoms with van der Waals surface area (Å²) in [6.45, 7) is 15.8. The van der Waals surface area contributed by atoms with Crippen LogP contribution in [0.1, 0.15) is 96.4 Å². The molecule has 0 aliphatic heterocycles. The fraction of sp³-hybridized carbons (Fsp3) is 0.500. The topological polar surface area (TPSA) is 87.7 Å². The zero-order valence-electron chi connectivity index (χ0n) is 25.7. The van der Waals surface area contributed by atoms with Crippen LogP contribution in [0.2, 0.25) is 0 Å². The lowest BCUT2D eigenvalue weighted by Gasteiger charge is -2.36. The zero-order valence-corrected chi connectivity index (χ0v) is 25.7. The molecule has 0 fully saturated rings. The number of unbranched alkanes of at least 4 members (excludes halogenated alkanes) is 4. The second-order valence-corrected chi connectivity index (χ2v) is 11.8. The molecule has 0 saturated heterocycles. The van der Waals surface area contributed by atoms with Gasteiger partial charge < -0.3 is 20.3 Å². The lowest BCUT2D eigenvalue weighted by atomic mass is 9.97. The Morgan fingerprint density at radius 1 is 0.976 bits per heavy atom. The van der Waals surface area contributed by atoms with E-state index in [4.69, 9.17) is 4.74 Å². The Morgan fingerprint density at radius 2 is 1.66 bits per heavy atom. The van der Waals surface area contributed by atoms with Crippen molar-refractivity contribution < 1.29 is 19.1 Å². The number of rotatable bonds is 15. The van der Waals surface area contributed by atoms with Crippen molar-refractivity contribution in [1.29, 1.82) is 0 Å². The van der Waals surface area contributed by atoms with Crippen LogP contribution in [0.15, 0.2) is 61.2 Å². The van der Waals surface area contributed by atoms with Gasteiger partial charge in [-0.1, -0.05) is 108 Å². The van der Waals surface area contributed by atoms with Crippen LogP contribution in [0, 0.1) is 5.92 Å². The van der Waals surface area contributed by atoms with Gasteiger partial charge >= 0.3 is 6.09 Å². The highest BCUT2D eigenvalue weighted by atomic mass is 16.6. The number of hydrogen-bond donors (Lipinski definition) is 2. The molecular weight excluding hydrogens is 514 g/mol. The average Bonchev–Trinajstić information content (AvgIpc) is 2.93. The number of nitrogens with zero attached hydrogens (tertiary/aromatic N) is 1. The van der Waals surface area contributed by atoms with Crippen LogP contribution in [-0.4, -0.2) is 41.0 Å². The Hall–Kier alpha value is -3.61. The molecule has 224 valence electrons. The Morgan fingerprint density at radius 3 is 2.27 bits per heavy atom. The first-order valence-corrected chi connectivity index (χ1v) is 14.8. The predicted molar refractivity (Wildman–Crippen MR) is 166 cm³/mol. The number of ether oxygens (including phenoxy) is 1. The van der Waals surface area contributed by atoms with Crippen molar-refractivity contribution in [3.63, 3.8) is 0 Å². The van der Waals surface area contributed by atoms with E-state index in [1.54, 1.807) is 31.7 Å². The van der Waals surface area contributed by atoms with Crippen LogP contribution in [0.4, 0.5) is 4.79 Å². The van der Waals surface area contributed by atoms with E-state index >= 15 is 0 Å². The fourth-order valence-corrected chi connectivity index (χ4v) is 4.59. The molecule has 0 heterocycles. The first kappa shape index (κ1) is 33.6. The highest BCUT2D eigenvalue weighted by Crippen LogP contribution is 2.26. The highest BCUT2D eigenvalue weighted by molar-refractivity contribution is 5.92. The van der Waals surface area contributed by atoms with Crippen molar-refractivity contribution in [2.45, 2.75) is 97.9 Å². The van der Waals surface area contributed by atoms with Gasteiger partial charge in [-0.05, 0) is 55.9 Å². The summed E-state index contributed by atoms with van der Waals surface area (Å²) in [7, 11) is 0. The summed E-state index contributed by atoms with van der Waals surface area (Å²) >= 11 is 0. The summed E-state index contributed by atoms with van der Waals surface area (Å²) in [5.41, 5.74) is 1.79. The first-order chi connectivity index (χ1) is 19.5. The molecule has 7 nitrogen and oxygen atoms in total. The third kappa shape index (κ3) is 11.4. The molecule has 2 aromatic rings. The molecule has 0 aliphatic rings. The number of carbonyl (C=O) groups excluding carboxylic acids is 3. The van der Waals surface area contributed by atoms with Crippen molar-refractivity contribution in [2.24, 2.45) is 5.92 Å². The third-order valence-corrected chi connectivity index (χ3v) is 6.72. The summed E-state index contributed by atoms with van der Waals surface area (Å²) in [5.74, 6) is -0.827. The van der Waals surface area contributed by atoms with E-state index in [2.05, 4.69) is 24.1 Å². The van der Waals surface area contributed by atoms with Crippen molar-refractivity contribution >= 4 is 24.0 Å². The van der Waals surface area contributed by atoms with Gasteiger partial charge in [-0.2, -0.15) is 0 Å². The Kier molecular flexibility index (Phi) is 13.6. The Bertz CT molecular complexity index is 1120. The van der Waals surface area contributed by atoms with Gasteiger partial charge in [0.05, 0.1) is 0 Å². The van der Waals surface area contributed by atoms with Gasteiger partial charge in [0.2, 0.25) is 11.8 Å². The van der Waals surface area contributed by atoms with Gasteiger partial charge in [-0.15, -0.1) is 0 Å². The number of hydrogen-bond acceptors (Lipinski definition) is 4. The van der Waals surface area contributed by atoms with E-state index < -0.39 is 23.8 Å². The quantitative estimate of drug-likeness (QED) is 0.228. The van der Waals surface area contributed by atoms with E-state index in [0.29, 0.717) is 18.7 Å². The summed E-state index contributed by atoms with van der Waals surface area (Å²) in [4.78, 5) is 42.7. The van der Waals surface area contributed by atoms with E-state index in [0.717, 1.165) is 43.2 Å². The minimum atomic E-state index is -0.890. The fourth-order valence-electron chi connectivity index (χ4n) is 4.59. The van der Waals surface area contributed by atoms with Crippen molar-refractivity contribution in [3.05, 3.63) is 77.9 Å². The molecule has 41 heavy (non-hydrogen) atoms. The lowest BCUT2D eigenvalue weighted by Crippen LogP contribution is -2.55. The normalized spacial score (nSPS) is 12.8. The van der Waals surface area contributed by atoms with Crippen molar-refractivity contribution in [1.82, 2.24) is 15.5 Å². The summed E-state index contributed by atoms with van der Waals surface area (Å²) < 4.78 is 5.47. The number of carbonyl (C=O) groups is 3. The monoisotopic (exact) mass is 563 g/mol. The molecule has 2 atom stereocenters. The van der Waals surface area contributed by atoms with Gasteiger partial charge in [0, 0.05) is 13.1 Å². The SMILES string of the molecule is C=Cc1cccc(C(C(=O)NCc2ccccc2)N(CCCCCCC)C(=O)C(NC(=O)OC(C)(C)C)C(C)C)c1.